The summed E-state index contributed by atoms with van der Waals surface area (Å²) in [4.78, 5) is 11.7. The van der Waals surface area contributed by atoms with E-state index >= 15 is 0 Å². The van der Waals surface area contributed by atoms with Gasteiger partial charge in [0.25, 0.3) is 0 Å². The van der Waals surface area contributed by atoms with Gasteiger partial charge in [0.1, 0.15) is 0 Å². The van der Waals surface area contributed by atoms with E-state index in [1.165, 1.54) is 39.2 Å². The molecule has 10 atom stereocenters. The standard InChI is InChI=1S/C25H43NO3/c1-15(5-8-22(28)29-4)18-6-7-19-23-20(10-12-25(18,19)3)24(2)11-9-17(27)13-16(24)14-21(23)26/h15-21,23,27H,5-14,26H2,1-4H3/t15-,16?,17-,18-,19+,20+,21-,23+,24?,25-/m1/s1. The first-order valence-corrected chi connectivity index (χ1v) is 12.2. The van der Waals surface area contributed by atoms with Gasteiger partial charge in [-0.05, 0) is 104 Å². The van der Waals surface area contributed by atoms with Gasteiger partial charge in [-0.1, -0.05) is 20.8 Å². The molecule has 0 aromatic rings. The summed E-state index contributed by atoms with van der Waals surface area (Å²) in [5.41, 5.74) is 7.65. The molecule has 4 saturated carbocycles. The van der Waals surface area contributed by atoms with E-state index in [1.54, 1.807) is 0 Å². The van der Waals surface area contributed by atoms with Gasteiger partial charge >= 0.3 is 5.97 Å². The summed E-state index contributed by atoms with van der Waals surface area (Å²) in [5.74, 6) is 3.88. The van der Waals surface area contributed by atoms with Crippen LogP contribution in [0.15, 0.2) is 0 Å². The van der Waals surface area contributed by atoms with Gasteiger partial charge in [0.15, 0.2) is 0 Å². The van der Waals surface area contributed by atoms with Crippen molar-refractivity contribution in [2.24, 2.45) is 52.1 Å². The van der Waals surface area contributed by atoms with Crippen molar-refractivity contribution in [2.45, 2.75) is 97.1 Å². The predicted molar refractivity (Wildman–Crippen MR) is 115 cm³/mol. The Balaban J connectivity index is 1.53. The molecule has 0 aliphatic heterocycles. The topological polar surface area (TPSA) is 72.5 Å². The lowest BCUT2D eigenvalue weighted by atomic mass is 9.43. The van der Waals surface area contributed by atoms with E-state index in [0.717, 1.165) is 37.5 Å². The fraction of sp³-hybridized carbons (Fsp3) is 0.960. The number of ether oxygens (including phenoxy) is 1. The molecule has 4 nitrogen and oxygen atoms in total. The largest absolute Gasteiger partial charge is 0.469 e. The Bertz CT molecular complexity index is 623. The van der Waals surface area contributed by atoms with Gasteiger partial charge in [-0.3, -0.25) is 4.79 Å². The minimum Gasteiger partial charge on any atom is -0.469 e. The molecule has 0 saturated heterocycles. The number of aliphatic hydroxyl groups excluding tert-OH is 1. The van der Waals surface area contributed by atoms with Crippen LogP contribution in [0.1, 0.15) is 85.0 Å². The van der Waals surface area contributed by atoms with Gasteiger partial charge in [-0.2, -0.15) is 0 Å². The van der Waals surface area contributed by atoms with Gasteiger partial charge in [0.05, 0.1) is 13.2 Å². The van der Waals surface area contributed by atoms with Gasteiger partial charge in [0.2, 0.25) is 0 Å². The smallest absolute Gasteiger partial charge is 0.305 e. The molecule has 0 bridgehead atoms. The second-order valence-electron chi connectivity index (χ2n) is 11.6. The summed E-state index contributed by atoms with van der Waals surface area (Å²) in [6.45, 7) is 7.43. The number of aliphatic hydroxyl groups is 1. The summed E-state index contributed by atoms with van der Waals surface area (Å²) in [7, 11) is 1.49. The average molecular weight is 406 g/mol. The molecule has 4 aliphatic carbocycles. The summed E-state index contributed by atoms with van der Waals surface area (Å²) in [6, 6.07) is 0.289. The van der Waals surface area contributed by atoms with E-state index in [4.69, 9.17) is 10.5 Å². The van der Waals surface area contributed by atoms with E-state index < -0.39 is 0 Å². The lowest BCUT2D eigenvalue weighted by Gasteiger charge is -2.63. The molecule has 0 spiro atoms. The molecule has 166 valence electrons. The number of fused-ring (bicyclic) bond motifs is 5. The van der Waals surface area contributed by atoms with E-state index in [2.05, 4.69) is 20.8 Å². The van der Waals surface area contributed by atoms with Gasteiger partial charge in [0, 0.05) is 12.5 Å². The Labute approximate surface area is 177 Å². The van der Waals surface area contributed by atoms with Crippen LogP contribution in [0.2, 0.25) is 0 Å². The first-order chi connectivity index (χ1) is 13.7. The summed E-state index contributed by atoms with van der Waals surface area (Å²) in [6.07, 6.45) is 10.8. The normalized spacial score (nSPS) is 50.2. The third kappa shape index (κ3) is 3.46. The molecule has 4 fully saturated rings. The fourth-order valence-corrected chi connectivity index (χ4v) is 8.92. The lowest BCUT2D eigenvalue weighted by molar-refractivity contribution is -0.142. The quantitative estimate of drug-likeness (QED) is 0.674. The van der Waals surface area contributed by atoms with Gasteiger partial charge in [-0.15, -0.1) is 0 Å². The molecular weight excluding hydrogens is 362 g/mol. The number of methoxy groups -OCH3 is 1. The molecule has 3 N–H and O–H groups in total. The third-order valence-corrected chi connectivity index (χ3v) is 10.5. The van der Waals surface area contributed by atoms with E-state index in [9.17, 15) is 9.90 Å². The number of esters is 1. The highest BCUT2D eigenvalue weighted by atomic mass is 16.5. The summed E-state index contributed by atoms with van der Waals surface area (Å²) in [5, 5.41) is 10.3. The molecule has 0 aromatic carbocycles. The van der Waals surface area contributed by atoms with Crippen LogP contribution in [0.25, 0.3) is 0 Å². The first kappa shape index (κ1) is 21.6. The molecule has 29 heavy (non-hydrogen) atoms. The Morgan fingerprint density at radius 1 is 1.10 bits per heavy atom. The third-order valence-electron chi connectivity index (χ3n) is 10.5. The van der Waals surface area contributed by atoms with Crippen LogP contribution in [0.4, 0.5) is 0 Å². The Morgan fingerprint density at radius 3 is 2.52 bits per heavy atom. The van der Waals surface area contributed by atoms with Crippen molar-refractivity contribution in [1.82, 2.24) is 0 Å². The summed E-state index contributed by atoms with van der Waals surface area (Å²) < 4.78 is 4.88. The Hall–Kier alpha value is -0.610. The van der Waals surface area contributed by atoms with Crippen LogP contribution >= 0.6 is 0 Å². The number of hydrogen-bond acceptors (Lipinski definition) is 4. The van der Waals surface area contributed by atoms with Crippen molar-refractivity contribution in [3.63, 3.8) is 0 Å². The van der Waals surface area contributed by atoms with E-state index in [1.807, 2.05) is 0 Å². The highest BCUT2D eigenvalue weighted by Crippen LogP contribution is 2.68. The number of hydrogen-bond donors (Lipinski definition) is 2. The van der Waals surface area contributed by atoms with Crippen molar-refractivity contribution < 1.29 is 14.6 Å². The average Bonchev–Trinajstić information content (AvgIpc) is 3.04. The van der Waals surface area contributed by atoms with Crippen molar-refractivity contribution >= 4 is 5.97 Å². The molecule has 4 heteroatoms. The molecule has 4 rings (SSSR count). The van der Waals surface area contributed by atoms with Gasteiger partial charge in [-0.25, -0.2) is 0 Å². The minimum absolute atomic E-state index is 0.0759. The zero-order valence-corrected chi connectivity index (χ0v) is 19.0. The van der Waals surface area contributed by atoms with Crippen LogP contribution in [-0.2, 0) is 9.53 Å². The van der Waals surface area contributed by atoms with Crippen molar-refractivity contribution in [2.75, 3.05) is 7.11 Å². The molecule has 0 radical (unpaired) electrons. The number of carbonyl (C=O) groups is 1. The predicted octanol–water partition coefficient (Wildman–Crippen LogP) is 4.53. The van der Waals surface area contributed by atoms with Crippen LogP contribution in [0.3, 0.4) is 0 Å². The van der Waals surface area contributed by atoms with E-state index in [-0.39, 0.29) is 18.1 Å². The number of rotatable bonds is 4. The maximum absolute atomic E-state index is 11.7. The molecule has 4 aliphatic rings. The van der Waals surface area contributed by atoms with Gasteiger partial charge < -0.3 is 15.6 Å². The number of carbonyl (C=O) groups excluding carboxylic acids is 1. The molecule has 0 aromatic heterocycles. The molecular formula is C25H43NO3. The second-order valence-corrected chi connectivity index (χ2v) is 11.6. The Morgan fingerprint density at radius 2 is 1.79 bits per heavy atom. The number of nitrogens with two attached hydrogens (primary N) is 1. The monoisotopic (exact) mass is 405 g/mol. The zero-order valence-electron chi connectivity index (χ0n) is 19.0. The van der Waals surface area contributed by atoms with Crippen molar-refractivity contribution in [3.8, 4) is 0 Å². The summed E-state index contributed by atoms with van der Waals surface area (Å²) >= 11 is 0. The SMILES string of the molecule is COC(=O)CC[C@@H](C)[C@H]1CC[C@H]2[C@@H]3[C@H](N)CC4C[C@H](O)CCC4(C)[C@H]3CC[C@]12C. The molecule has 0 amide bonds. The molecule has 2 unspecified atom stereocenters. The highest BCUT2D eigenvalue weighted by Gasteiger charge is 2.62. The van der Waals surface area contributed by atoms with Crippen molar-refractivity contribution in [3.05, 3.63) is 0 Å². The van der Waals surface area contributed by atoms with Crippen molar-refractivity contribution in [1.29, 1.82) is 0 Å². The van der Waals surface area contributed by atoms with Crippen LogP contribution in [0.5, 0.6) is 0 Å². The maximum atomic E-state index is 11.7. The Kier molecular flexibility index (Phi) is 5.83. The van der Waals surface area contributed by atoms with Crippen LogP contribution in [0, 0.1) is 46.3 Å². The maximum Gasteiger partial charge on any atom is 0.305 e. The second kappa shape index (κ2) is 7.82. The minimum atomic E-state index is -0.114. The lowest BCUT2D eigenvalue weighted by Crippen LogP contribution is -2.60. The highest BCUT2D eigenvalue weighted by molar-refractivity contribution is 5.69. The zero-order chi connectivity index (χ0) is 21.0. The van der Waals surface area contributed by atoms with Crippen LogP contribution < -0.4 is 5.73 Å². The first-order valence-electron chi connectivity index (χ1n) is 12.2. The van der Waals surface area contributed by atoms with Crippen LogP contribution in [-0.4, -0.2) is 30.3 Å². The molecule has 0 heterocycles. The van der Waals surface area contributed by atoms with E-state index in [0.29, 0.717) is 40.9 Å². The fourth-order valence-electron chi connectivity index (χ4n) is 8.92.